The van der Waals surface area contributed by atoms with E-state index in [0.29, 0.717) is 31.0 Å². The van der Waals surface area contributed by atoms with E-state index in [1.165, 1.54) is 4.90 Å². The van der Waals surface area contributed by atoms with E-state index in [0.717, 1.165) is 0 Å². The summed E-state index contributed by atoms with van der Waals surface area (Å²) in [4.78, 5) is 25.5. The van der Waals surface area contributed by atoms with Crippen LogP contribution in [0.3, 0.4) is 0 Å². The molecule has 0 aromatic carbocycles. The highest BCUT2D eigenvalue weighted by Gasteiger charge is 2.50. The fourth-order valence-corrected chi connectivity index (χ4v) is 3.24. The molecule has 2 amide bonds. The summed E-state index contributed by atoms with van der Waals surface area (Å²) in [5.41, 5.74) is 5.65. The van der Waals surface area contributed by atoms with Crippen molar-refractivity contribution in [1.29, 1.82) is 0 Å². The van der Waals surface area contributed by atoms with Crippen LogP contribution in [0.15, 0.2) is 0 Å². The maximum atomic E-state index is 12.2. The molecule has 22 heavy (non-hydrogen) atoms. The fraction of sp³-hybridized carbons (Fsp3) is 0.800. The number of nitrogens with zero attached hydrogens (tertiary/aromatic N) is 2. The lowest BCUT2D eigenvalue weighted by Crippen LogP contribution is -2.47. The molecule has 3 rings (SSSR count). The Morgan fingerprint density at radius 3 is 2.59 bits per heavy atom. The molecule has 0 aliphatic carbocycles. The molecule has 3 N–H and O–H groups in total. The van der Waals surface area contributed by atoms with Gasteiger partial charge in [0.25, 0.3) is 0 Å². The molecule has 3 saturated heterocycles. The van der Waals surface area contributed by atoms with Crippen LogP contribution >= 0.6 is 0 Å². The molecular formula is C10H16N4O7S. The second kappa shape index (κ2) is 5.62. The molecule has 124 valence electrons. The van der Waals surface area contributed by atoms with Crippen molar-refractivity contribution >= 4 is 22.4 Å². The maximum Gasteiger partial charge on any atom is 0.418 e. The first-order valence-electron chi connectivity index (χ1n) is 6.78. The van der Waals surface area contributed by atoms with E-state index in [4.69, 9.17) is 9.29 Å². The molecule has 0 aromatic heterocycles. The van der Waals surface area contributed by atoms with Crippen LogP contribution in [-0.2, 0) is 24.2 Å². The van der Waals surface area contributed by atoms with Gasteiger partial charge in [-0.1, -0.05) is 0 Å². The summed E-state index contributed by atoms with van der Waals surface area (Å²) in [5, 5.41) is 0.599. The number of hydrazine groups is 1. The number of ether oxygens (including phenoxy) is 1. The number of amides is 2. The Morgan fingerprint density at radius 1 is 1.27 bits per heavy atom. The van der Waals surface area contributed by atoms with Crippen LogP contribution in [0.5, 0.6) is 0 Å². The maximum absolute atomic E-state index is 12.2. The van der Waals surface area contributed by atoms with Gasteiger partial charge in [0.1, 0.15) is 12.1 Å². The number of piperidine rings is 1. The molecule has 11 nitrogen and oxygen atoms in total. The summed E-state index contributed by atoms with van der Waals surface area (Å²) in [5.74, 6) is -0.531. The minimum Gasteiger partial charge on any atom is -0.458 e. The predicted molar refractivity (Wildman–Crippen MR) is 69.3 cm³/mol. The lowest BCUT2D eigenvalue weighted by molar-refractivity contribution is -0.153. The van der Waals surface area contributed by atoms with Gasteiger partial charge in [0.2, 0.25) is 0 Å². The third-order valence-electron chi connectivity index (χ3n) is 3.84. The van der Waals surface area contributed by atoms with Gasteiger partial charge in [-0.25, -0.2) is 9.59 Å². The number of carbonyl (C=O) groups is 2. The second-order valence-corrected chi connectivity index (χ2v) is 6.34. The molecule has 2 atom stereocenters. The van der Waals surface area contributed by atoms with Crippen LogP contribution in [0.2, 0.25) is 0 Å². The zero-order valence-corrected chi connectivity index (χ0v) is 12.3. The average molecular weight is 336 g/mol. The van der Waals surface area contributed by atoms with Gasteiger partial charge in [-0.2, -0.15) is 13.5 Å². The zero-order valence-electron chi connectivity index (χ0n) is 11.5. The van der Waals surface area contributed by atoms with E-state index in [9.17, 15) is 18.0 Å². The van der Waals surface area contributed by atoms with E-state index in [1.807, 2.05) is 0 Å². The average Bonchev–Trinajstić information content (AvgIpc) is 3.01. The highest BCUT2D eigenvalue weighted by molar-refractivity contribution is 7.80. The smallest absolute Gasteiger partial charge is 0.418 e. The standard InChI is InChI=1S/C10H16N4O7S/c15-9(20-7-3-11-12-4-7)8-2-1-6-5-13(8)10(16)14(6)21-22(17,18)19/h6-8,11-12H,1-5H2,(H,17,18,19)/t6-,8+/m1/s1. The number of esters is 1. The molecule has 0 radical (unpaired) electrons. The zero-order chi connectivity index (χ0) is 15.9. The van der Waals surface area contributed by atoms with Crippen molar-refractivity contribution in [1.82, 2.24) is 20.8 Å². The van der Waals surface area contributed by atoms with Crippen molar-refractivity contribution in [2.75, 3.05) is 19.6 Å². The van der Waals surface area contributed by atoms with Gasteiger partial charge in [0, 0.05) is 19.6 Å². The Morgan fingerprint density at radius 2 is 1.95 bits per heavy atom. The first kappa shape index (κ1) is 15.4. The van der Waals surface area contributed by atoms with Crippen LogP contribution in [0.1, 0.15) is 12.8 Å². The lowest BCUT2D eigenvalue weighted by Gasteiger charge is -2.29. The first-order valence-corrected chi connectivity index (χ1v) is 8.15. The summed E-state index contributed by atoms with van der Waals surface area (Å²) in [6.45, 7) is 1.11. The second-order valence-electron chi connectivity index (χ2n) is 5.33. The highest BCUT2D eigenvalue weighted by Crippen LogP contribution is 2.31. The molecule has 0 aromatic rings. The van der Waals surface area contributed by atoms with Gasteiger partial charge in [-0.15, -0.1) is 4.28 Å². The van der Waals surface area contributed by atoms with Gasteiger partial charge in [-0.3, -0.25) is 15.4 Å². The number of nitrogens with one attached hydrogen (secondary N) is 2. The fourth-order valence-electron chi connectivity index (χ4n) is 2.85. The third-order valence-corrected chi connectivity index (χ3v) is 4.19. The lowest BCUT2D eigenvalue weighted by atomic mass is 10.0. The molecule has 2 bridgehead atoms. The predicted octanol–water partition coefficient (Wildman–Crippen LogP) is -1.99. The van der Waals surface area contributed by atoms with Gasteiger partial charge < -0.3 is 9.64 Å². The van der Waals surface area contributed by atoms with Gasteiger partial charge in [-0.05, 0) is 12.8 Å². The monoisotopic (exact) mass is 336 g/mol. The largest absolute Gasteiger partial charge is 0.458 e. The van der Waals surface area contributed by atoms with Crippen LogP contribution in [-0.4, -0.2) is 72.8 Å². The van der Waals surface area contributed by atoms with Crippen LogP contribution < -0.4 is 10.9 Å². The van der Waals surface area contributed by atoms with Crippen LogP contribution in [0.25, 0.3) is 0 Å². The minimum atomic E-state index is -4.79. The summed E-state index contributed by atoms with van der Waals surface area (Å²) < 4.78 is 39.9. The Hall–Kier alpha value is -1.47. The van der Waals surface area contributed by atoms with Crippen molar-refractivity contribution in [2.24, 2.45) is 0 Å². The Labute approximate surface area is 126 Å². The van der Waals surface area contributed by atoms with Crippen molar-refractivity contribution in [3.05, 3.63) is 0 Å². The summed E-state index contributed by atoms with van der Waals surface area (Å²) in [6.07, 6.45) is 0.403. The van der Waals surface area contributed by atoms with Crippen molar-refractivity contribution in [2.45, 2.75) is 31.0 Å². The van der Waals surface area contributed by atoms with Gasteiger partial charge in [0.05, 0.1) is 6.04 Å². The molecule has 3 fully saturated rings. The van der Waals surface area contributed by atoms with Gasteiger partial charge >= 0.3 is 22.4 Å². The molecule has 0 spiro atoms. The van der Waals surface area contributed by atoms with E-state index in [2.05, 4.69) is 15.1 Å². The number of urea groups is 1. The SMILES string of the molecule is O=C(OC1CNNC1)[C@@H]1CC[C@@H]2CN1C(=O)N2OS(=O)(=O)O. The summed E-state index contributed by atoms with van der Waals surface area (Å²) >= 11 is 0. The third kappa shape index (κ3) is 3.01. The molecule has 0 saturated carbocycles. The molecular weight excluding hydrogens is 320 g/mol. The van der Waals surface area contributed by atoms with Crippen molar-refractivity contribution in [3.63, 3.8) is 0 Å². The topological polar surface area (TPSA) is 138 Å². The number of carbonyl (C=O) groups excluding carboxylic acids is 2. The van der Waals surface area contributed by atoms with Crippen molar-refractivity contribution < 1.29 is 31.6 Å². The first-order chi connectivity index (χ1) is 10.3. The van der Waals surface area contributed by atoms with E-state index >= 15 is 0 Å². The number of hydrogen-bond acceptors (Lipinski definition) is 8. The number of hydroxylamine groups is 2. The molecule has 3 aliphatic heterocycles. The number of hydrogen-bond donors (Lipinski definition) is 3. The van der Waals surface area contributed by atoms with E-state index < -0.39 is 34.5 Å². The van der Waals surface area contributed by atoms with Crippen LogP contribution in [0, 0.1) is 0 Å². The minimum absolute atomic E-state index is 0.148. The Bertz CT molecular complexity index is 576. The summed E-state index contributed by atoms with van der Waals surface area (Å²) in [6, 6.07) is -2.07. The Kier molecular flexibility index (Phi) is 3.94. The van der Waals surface area contributed by atoms with Crippen molar-refractivity contribution in [3.8, 4) is 0 Å². The number of fused-ring (bicyclic) bond motifs is 2. The highest BCUT2D eigenvalue weighted by atomic mass is 32.3. The summed E-state index contributed by atoms with van der Waals surface area (Å²) in [7, 11) is -4.79. The van der Waals surface area contributed by atoms with Gasteiger partial charge in [0.15, 0.2) is 0 Å². The molecule has 3 aliphatic rings. The molecule has 3 heterocycles. The van der Waals surface area contributed by atoms with E-state index in [1.54, 1.807) is 0 Å². The normalized spacial score (nSPS) is 29.2. The Balaban J connectivity index is 1.67. The van der Waals surface area contributed by atoms with E-state index in [-0.39, 0.29) is 12.6 Å². The quantitative estimate of drug-likeness (QED) is 0.393. The number of rotatable bonds is 4. The molecule has 0 unspecified atom stereocenters. The molecule has 12 heteroatoms. The van der Waals surface area contributed by atoms with Crippen LogP contribution in [0.4, 0.5) is 4.79 Å².